The minimum atomic E-state index is -3.99. The van der Waals surface area contributed by atoms with E-state index in [-0.39, 0.29) is 23.4 Å². The number of carbonyl (C=O) groups is 1. The quantitative estimate of drug-likeness (QED) is 0.429. The van der Waals surface area contributed by atoms with Gasteiger partial charge in [0.25, 0.3) is 10.0 Å². The van der Waals surface area contributed by atoms with Crippen LogP contribution in [0.4, 0.5) is 5.69 Å². The van der Waals surface area contributed by atoms with E-state index >= 15 is 0 Å². The third-order valence-electron chi connectivity index (χ3n) is 6.59. The summed E-state index contributed by atoms with van der Waals surface area (Å²) in [5.41, 5.74) is 5.86. The predicted molar refractivity (Wildman–Crippen MR) is 142 cm³/mol. The lowest BCUT2D eigenvalue weighted by molar-refractivity contribution is -0.120. The molecule has 3 aromatic carbocycles. The molecule has 1 N–H and O–H groups in total. The Morgan fingerprint density at radius 1 is 0.971 bits per heavy atom. The summed E-state index contributed by atoms with van der Waals surface area (Å²) >= 11 is 6.31. The molecule has 0 saturated heterocycles. The molecule has 0 bridgehead atoms. The molecule has 3 aromatic rings. The van der Waals surface area contributed by atoms with Crippen molar-refractivity contribution in [2.45, 2.75) is 57.4 Å². The maximum atomic E-state index is 13.6. The Bertz CT molecular complexity index is 1340. The van der Waals surface area contributed by atoms with E-state index in [9.17, 15) is 13.2 Å². The second kappa shape index (κ2) is 10.4. The van der Waals surface area contributed by atoms with E-state index in [4.69, 9.17) is 11.6 Å². The number of halogens is 1. The van der Waals surface area contributed by atoms with Gasteiger partial charge in [0.2, 0.25) is 5.91 Å². The topological polar surface area (TPSA) is 66.5 Å². The monoisotopic (exact) mass is 510 g/mol. The van der Waals surface area contributed by atoms with E-state index in [1.165, 1.54) is 24.0 Å². The molecule has 184 valence electrons. The Hall–Kier alpha value is -2.83. The van der Waals surface area contributed by atoms with E-state index in [1.54, 1.807) is 42.5 Å². The zero-order valence-electron chi connectivity index (χ0n) is 20.3. The van der Waals surface area contributed by atoms with Crippen molar-refractivity contribution in [3.05, 3.63) is 93.5 Å². The average Bonchev–Trinajstić information content (AvgIpc) is 2.84. The number of benzene rings is 3. The first kappa shape index (κ1) is 25.3. The predicted octanol–water partition coefficient (Wildman–Crippen LogP) is 5.91. The van der Waals surface area contributed by atoms with Crippen LogP contribution in [0.2, 0.25) is 5.02 Å². The van der Waals surface area contributed by atoms with Crippen LogP contribution in [-0.4, -0.2) is 20.9 Å². The molecule has 35 heavy (non-hydrogen) atoms. The minimum absolute atomic E-state index is 0.121. The number of sulfonamides is 1. The summed E-state index contributed by atoms with van der Waals surface area (Å²) in [5, 5.41) is 3.42. The Morgan fingerprint density at radius 2 is 1.66 bits per heavy atom. The number of nitrogens with zero attached hydrogens (tertiary/aromatic N) is 1. The van der Waals surface area contributed by atoms with Crippen LogP contribution in [0.15, 0.2) is 65.6 Å². The highest BCUT2D eigenvalue weighted by Gasteiger charge is 2.28. The van der Waals surface area contributed by atoms with E-state index in [0.29, 0.717) is 10.7 Å². The van der Waals surface area contributed by atoms with Gasteiger partial charge in [-0.15, -0.1) is 0 Å². The van der Waals surface area contributed by atoms with E-state index in [1.807, 2.05) is 20.8 Å². The Balaban J connectivity index is 1.59. The molecule has 0 unspecified atom stereocenters. The van der Waals surface area contributed by atoms with Crippen LogP contribution >= 0.6 is 11.6 Å². The minimum Gasteiger partial charge on any atom is -0.348 e. The third kappa shape index (κ3) is 5.71. The number of amides is 1. The SMILES string of the molecule is Cc1ccc(S(=O)(=O)N(CC(=O)N[C@H](C)c2ccc3c(c2)CCCC3)c2ccc(C)c(Cl)c2)cc1. The first-order chi connectivity index (χ1) is 16.6. The number of fused-ring (bicyclic) bond motifs is 1. The zero-order chi connectivity index (χ0) is 25.2. The van der Waals surface area contributed by atoms with Gasteiger partial charge in [-0.05, 0) is 93.0 Å². The number of rotatable bonds is 7. The molecular formula is C28H31ClN2O3S. The largest absolute Gasteiger partial charge is 0.348 e. The first-order valence-electron chi connectivity index (χ1n) is 11.9. The van der Waals surface area contributed by atoms with Crippen molar-refractivity contribution < 1.29 is 13.2 Å². The lowest BCUT2D eigenvalue weighted by Crippen LogP contribution is -2.41. The van der Waals surface area contributed by atoms with Crippen molar-refractivity contribution >= 4 is 33.2 Å². The van der Waals surface area contributed by atoms with Gasteiger partial charge in [0.05, 0.1) is 16.6 Å². The molecule has 7 heteroatoms. The molecule has 0 aromatic heterocycles. The summed E-state index contributed by atoms with van der Waals surface area (Å²) < 4.78 is 28.3. The van der Waals surface area contributed by atoms with E-state index in [0.717, 1.165) is 33.8 Å². The van der Waals surface area contributed by atoms with Gasteiger partial charge in [-0.25, -0.2) is 8.42 Å². The lowest BCUT2D eigenvalue weighted by Gasteiger charge is -2.26. The lowest BCUT2D eigenvalue weighted by atomic mass is 9.89. The van der Waals surface area contributed by atoms with Gasteiger partial charge >= 0.3 is 0 Å². The van der Waals surface area contributed by atoms with Crippen LogP contribution in [0.1, 0.15) is 53.6 Å². The number of hydrogen-bond donors (Lipinski definition) is 1. The zero-order valence-corrected chi connectivity index (χ0v) is 21.9. The fourth-order valence-electron chi connectivity index (χ4n) is 4.41. The van der Waals surface area contributed by atoms with Gasteiger partial charge in [0, 0.05) is 5.02 Å². The van der Waals surface area contributed by atoms with Crippen LogP contribution in [0.25, 0.3) is 0 Å². The smallest absolute Gasteiger partial charge is 0.264 e. The van der Waals surface area contributed by atoms with Gasteiger partial charge in [-0.2, -0.15) is 0 Å². The van der Waals surface area contributed by atoms with Gasteiger partial charge in [0.1, 0.15) is 6.54 Å². The normalized spacial score (nSPS) is 14.2. The molecule has 1 aliphatic rings. The molecule has 4 rings (SSSR count). The van der Waals surface area contributed by atoms with Gasteiger partial charge in [-0.1, -0.05) is 53.6 Å². The van der Waals surface area contributed by atoms with Crippen LogP contribution in [0.5, 0.6) is 0 Å². The Kier molecular flexibility index (Phi) is 7.53. The molecule has 5 nitrogen and oxygen atoms in total. The summed E-state index contributed by atoms with van der Waals surface area (Å²) in [6.07, 6.45) is 4.55. The number of carbonyl (C=O) groups excluding carboxylic acids is 1. The fourth-order valence-corrected chi connectivity index (χ4v) is 6.00. The standard InChI is InChI=1S/C28H31ClN2O3S/c1-19-8-14-26(15-9-19)35(33,34)31(25-13-10-20(2)27(29)17-25)18-28(32)30-21(3)23-12-11-22-6-4-5-7-24(22)16-23/h8-17,21H,4-7,18H2,1-3H3,(H,30,32)/t21-/m1/s1. The second-order valence-electron chi connectivity index (χ2n) is 9.28. The molecule has 0 fully saturated rings. The van der Waals surface area contributed by atoms with Crippen molar-refractivity contribution in [3.8, 4) is 0 Å². The fraction of sp³-hybridized carbons (Fsp3) is 0.321. The van der Waals surface area contributed by atoms with Crippen LogP contribution in [0, 0.1) is 13.8 Å². The van der Waals surface area contributed by atoms with Crippen molar-refractivity contribution in [2.75, 3.05) is 10.8 Å². The molecule has 0 heterocycles. The maximum absolute atomic E-state index is 13.6. The van der Waals surface area contributed by atoms with Crippen LogP contribution < -0.4 is 9.62 Å². The van der Waals surface area contributed by atoms with Gasteiger partial charge in [-0.3, -0.25) is 9.10 Å². The molecule has 0 radical (unpaired) electrons. The highest BCUT2D eigenvalue weighted by molar-refractivity contribution is 7.92. The maximum Gasteiger partial charge on any atom is 0.264 e. The van der Waals surface area contributed by atoms with E-state index < -0.39 is 10.0 Å². The number of nitrogens with one attached hydrogen (secondary N) is 1. The summed E-state index contributed by atoms with van der Waals surface area (Å²) in [4.78, 5) is 13.3. The molecule has 0 aliphatic heterocycles. The summed E-state index contributed by atoms with van der Waals surface area (Å²) in [6, 6.07) is 17.7. The average molecular weight is 511 g/mol. The Labute approximate surface area is 213 Å². The number of aryl methyl sites for hydroxylation is 4. The number of hydrogen-bond acceptors (Lipinski definition) is 3. The highest BCUT2D eigenvalue weighted by Crippen LogP contribution is 2.29. The molecule has 0 saturated carbocycles. The van der Waals surface area contributed by atoms with Gasteiger partial charge < -0.3 is 5.32 Å². The van der Waals surface area contributed by atoms with E-state index in [2.05, 4.69) is 23.5 Å². The molecule has 1 atom stereocenters. The summed E-state index contributed by atoms with van der Waals surface area (Å²) in [6.45, 7) is 5.30. The summed E-state index contributed by atoms with van der Waals surface area (Å²) in [7, 11) is -3.99. The van der Waals surface area contributed by atoms with Crippen LogP contribution in [-0.2, 0) is 27.7 Å². The van der Waals surface area contributed by atoms with Crippen molar-refractivity contribution in [3.63, 3.8) is 0 Å². The first-order valence-corrected chi connectivity index (χ1v) is 13.7. The molecule has 0 spiro atoms. The van der Waals surface area contributed by atoms with Crippen molar-refractivity contribution in [1.29, 1.82) is 0 Å². The van der Waals surface area contributed by atoms with Crippen molar-refractivity contribution in [2.24, 2.45) is 0 Å². The number of anilines is 1. The van der Waals surface area contributed by atoms with Gasteiger partial charge in [0.15, 0.2) is 0 Å². The van der Waals surface area contributed by atoms with Crippen molar-refractivity contribution in [1.82, 2.24) is 5.32 Å². The molecule has 1 amide bonds. The van der Waals surface area contributed by atoms with Crippen LogP contribution in [0.3, 0.4) is 0 Å². The highest BCUT2D eigenvalue weighted by atomic mass is 35.5. The molecular weight excluding hydrogens is 480 g/mol. The third-order valence-corrected chi connectivity index (χ3v) is 8.78. The Morgan fingerprint density at radius 3 is 2.34 bits per heavy atom. The molecule has 1 aliphatic carbocycles. The second-order valence-corrected chi connectivity index (χ2v) is 11.6. The summed E-state index contributed by atoms with van der Waals surface area (Å²) in [5.74, 6) is -0.386.